The number of nitrogens with two attached hydrogens (primary N) is 1. The zero-order chi connectivity index (χ0) is 15.8. The van der Waals surface area contributed by atoms with Crippen molar-refractivity contribution in [3.8, 4) is 0 Å². The van der Waals surface area contributed by atoms with E-state index >= 15 is 0 Å². The number of nitrogens with one attached hydrogen (secondary N) is 2. The minimum atomic E-state index is -1.04. The second kappa shape index (κ2) is 8.08. The molecule has 0 saturated heterocycles. The molecule has 1 radical (unpaired) electrons. The molecule has 1 aromatic rings. The largest absolute Gasteiger partial charge is 0.353 e. The lowest BCUT2D eigenvalue weighted by Gasteiger charge is -2.15. The first kappa shape index (κ1) is 16.7. The number of ketones is 1. The van der Waals surface area contributed by atoms with E-state index in [4.69, 9.17) is 18.1 Å². The molecule has 21 heavy (non-hydrogen) atoms. The van der Waals surface area contributed by atoms with Crippen molar-refractivity contribution >= 4 is 40.6 Å². The molecule has 1 aromatic carbocycles. The molecule has 0 fully saturated rings. The van der Waals surface area contributed by atoms with Gasteiger partial charge in [-0.2, -0.15) is 0 Å². The molecule has 0 bridgehead atoms. The first-order valence-electron chi connectivity index (χ1n) is 6.11. The molecule has 0 saturated carbocycles. The number of hydrazine groups is 1. The van der Waals surface area contributed by atoms with Gasteiger partial charge in [0.05, 0.1) is 6.54 Å². The van der Waals surface area contributed by atoms with E-state index in [-0.39, 0.29) is 18.1 Å². The summed E-state index contributed by atoms with van der Waals surface area (Å²) in [6.07, 6.45) is -0.0156. The van der Waals surface area contributed by atoms with E-state index < -0.39 is 17.6 Å². The lowest BCUT2D eigenvalue weighted by atomic mass is 10.3. The third kappa shape index (κ3) is 5.28. The molecule has 8 heteroatoms. The van der Waals surface area contributed by atoms with Crippen LogP contribution in [-0.4, -0.2) is 34.3 Å². The number of anilines is 1. The van der Waals surface area contributed by atoms with Gasteiger partial charge in [0.2, 0.25) is 5.78 Å². The lowest BCUT2D eigenvalue weighted by molar-refractivity contribution is -0.151. The fourth-order valence-corrected chi connectivity index (χ4v) is 1.48. The van der Waals surface area contributed by atoms with Crippen LogP contribution >= 0.6 is 12.2 Å². The van der Waals surface area contributed by atoms with Crippen LogP contribution in [0.4, 0.5) is 5.69 Å². The highest BCUT2D eigenvalue weighted by atomic mass is 32.1. The second-order valence-electron chi connectivity index (χ2n) is 3.94. The van der Waals surface area contributed by atoms with Crippen molar-refractivity contribution in [2.75, 3.05) is 11.9 Å². The molecule has 2 amide bonds. The molecule has 0 aromatic heterocycles. The summed E-state index contributed by atoms with van der Waals surface area (Å²) in [4.78, 5) is 34.2. The minimum Gasteiger partial charge on any atom is -0.353 e. The smallest absolute Gasteiger partial charge is 0.310 e. The third-order valence-electron chi connectivity index (χ3n) is 2.42. The van der Waals surface area contributed by atoms with Gasteiger partial charge in [0, 0.05) is 12.1 Å². The van der Waals surface area contributed by atoms with Crippen molar-refractivity contribution in [2.24, 2.45) is 5.84 Å². The lowest BCUT2D eigenvalue weighted by Crippen LogP contribution is -2.50. The molecule has 0 heterocycles. The number of thiocarbonyl (C=S) groups is 1. The Balaban J connectivity index is 2.44. The Kier molecular flexibility index (Phi) is 6.44. The van der Waals surface area contributed by atoms with Crippen LogP contribution in [0.5, 0.6) is 0 Å². The quantitative estimate of drug-likeness (QED) is 0.231. The normalized spacial score (nSPS) is 9.62. The Labute approximate surface area is 127 Å². The maximum Gasteiger partial charge on any atom is 0.310 e. The van der Waals surface area contributed by atoms with Gasteiger partial charge in [-0.05, 0) is 30.4 Å². The highest BCUT2D eigenvalue weighted by molar-refractivity contribution is 7.80. The standard InChI is InChI=1S/C13H15N4O3S/c1-2-10(18)12(20)17(14)11(19)8-15-13(21)16-9-6-4-3-5-7-9/h4-7H,2,8,14H2,1H3,(H2,15,16,21). The van der Waals surface area contributed by atoms with Crippen LogP contribution in [0.3, 0.4) is 0 Å². The number of nitrogens with zero attached hydrogens (tertiary/aromatic N) is 1. The van der Waals surface area contributed by atoms with Crippen LogP contribution in [0.25, 0.3) is 0 Å². The number of hydrogen-bond donors (Lipinski definition) is 3. The molecule has 0 aliphatic carbocycles. The summed E-state index contributed by atoms with van der Waals surface area (Å²) < 4.78 is 0. The molecular weight excluding hydrogens is 292 g/mol. The van der Waals surface area contributed by atoms with Gasteiger partial charge in [0.15, 0.2) is 5.11 Å². The van der Waals surface area contributed by atoms with Gasteiger partial charge in [0.1, 0.15) is 0 Å². The predicted molar refractivity (Wildman–Crippen MR) is 80.8 cm³/mol. The van der Waals surface area contributed by atoms with E-state index in [1.165, 1.54) is 6.92 Å². The molecule has 0 spiro atoms. The molecule has 0 aliphatic heterocycles. The summed E-state index contributed by atoms with van der Waals surface area (Å²) in [6.45, 7) is 1.21. The van der Waals surface area contributed by atoms with Crippen LogP contribution in [0, 0.1) is 6.07 Å². The van der Waals surface area contributed by atoms with Crippen LogP contribution in [-0.2, 0) is 14.4 Å². The number of rotatable bonds is 5. The van der Waals surface area contributed by atoms with Gasteiger partial charge in [-0.25, -0.2) is 10.9 Å². The van der Waals surface area contributed by atoms with Crippen LogP contribution in [0.1, 0.15) is 13.3 Å². The fourth-order valence-electron chi connectivity index (χ4n) is 1.29. The van der Waals surface area contributed by atoms with E-state index in [9.17, 15) is 14.4 Å². The molecular formula is C13H15N4O3S. The molecule has 111 valence electrons. The van der Waals surface area contributed by atoms with Gasteiger partial charge in [-0.15, -0.1) is 0 Å². The Bertz CT molecular complexity index is 548. The van der Waals surface area contributed by atoms with E-state index in [0.717, 1.165) is 5.69 Å². The monoisotopic (exact) mass is 307 g/mol. The first-order valence-corrected chi connectivity index (χ1v) is 6.52. The van der Waals surface area contributed by atoms with Gasteiger partial charge in [0.25, 0.3) is 5.91 Å². The summed E-state index contributed by atoms with van der Waals surface area (Å²) in [7, 11) is 0. The molecule has 0 aliphatic rings. The summed E-state index contributed by atoms with van der Waals surface area (Å²) in [5.41, 5.74) is 0.723. The van der Waals surface area contributed by atoms with Crippen LogP contribution < -0.4 is 16.5 Å². The number of amides is 2. The number of hydrogen-bond acceptors (Lipinski definition) is 5. The Morgan fingerprint density at radius 3 is 2.52 bits per heavy atom. The van der Waals surface area contributed by atoms with E-state index in [0.29, 0.717) is 5.01 Å². The van der Waals surface area contributed by atoms with Crippen molar-refractivity contribution in [3.05, 3.63) is 30.3 Å². The molecule has 0 unspecified atom stereocenters. The number of carbonyl (C=O) groups is 3. The topological polar surface area (TPSA) is 105 Å². The van der Waals surface area contributed by atoms with Crippen LogP contribution in [0.2, 0.25) is 0 Å². The van der Waals surface area contributed by atoms with Gasteiger partial charge >= 0.3 is 5.91 Å². The van der Waals surface area contributed by atoms with Gasteiger partial charge in [-0.1, -0.05) is 19.1 Å². The molecule has 7 nitrogen and oxygen atoms in total. The average molecular weight is 307 g/mol. The summed E-state index contributed by atoms with van der Waals surface area (Å²) in [5, 5.41) is 5.92. The maximum absolute atomic E-state index is 11.6. The minimum absolute atomic E-state index is 0.0156. The zero-order valence-corrected chi connectivity index (χ0v) is 12.2. The number of benzene rings is 1. The predicted octanol–water partition coefficient (Wildman–Crippen LogP) is -0.0188. The highest BCUT2D eigenvalue weighted by Crippen LogP contribution is 2.03. The van der Waals surface area contributed by atoms with Crippen molar-refractivity contribution < 1.29 is 14.4 Å². The fraction of sp³-hybridized carbons (Fsp3) is 0.231. The molecule has 1 rings (SSSR count). The second-order valence-corrected chi connectivity index (χ2v) is 4.35. The average Bonchev–Trinajstić information content (AvgIpc) is 2.51. The summed E-state index contributed by atoms with van der Waals surface area (Å²) in [6, 6.07) is 9.74. The maximum atomic E-state index is 11.6. The first-order chi connectivity index (χ1) is 9.95. The van der Waals surface area contributed by atoms with E-state index in [1.807, 2.05) is 0 Å². The van der Waals surface area contributed by atoms with Crippen molar-refractivity contribution in [2.45, 2.75) is 13.3 Å². The SMILES string of the molecule is CCC(=O)C(=O)N(N)C(=O)CNC(=S)Nc1cc[c]cc1. The van der Waals surface area contributed by atoms with Gasteiger partial charge < -0.3 is 10.6 Å². The Hall–Kier alpha value is -2.32. The number of Topliss-reactive ketones (excluding diaryl/α,β-unsaturated/α-hetero) is 1. The third-order valence-corrected chi connectivity index (χ3v) is 2.67. The van der Waals surface area contributed by atoms with Crippen molar-refractivity contribution in [3.63, 3.8) is 0 Å². The number of carbonyl (C=O) groups excluding carboxylic acids is 3. The van der Waals surface area contributed by atoms with E-state index in [2.05, 4.69) is 16.7 Å². The summed E-state index contributed by atoms with van der Waals surface area (Å²) >= 11 is 4.99. The summed E-state index contributed by atoms with van der Waals surface area (Å²) in [5.74, 6) is 2.75. The number of imide groups is 1. The Morgan fingerprint density at radius 2 is 1.95 bits per heavy atom. The van der Waals surface area contributed by atoms with E-state index in [1.54, 1.807) is 24.3 Å². The Morgan fingerprint density at radius 1 is 1.33 bits per heavy atom. The zero-order valence-electron chi connectivity index (χ0n) is 11.4. The van der Waals surface area contributed by atoms with Crippen molar-refractivity contribution in [1.29, 1.82) is 0 Å². The highest BCUT2D eigenvalue weighted by Gasteiger charge is 2.23. The van der Waals surface area contributed by atoms with Gasteiger partial charge in [-0.3, -0.25) is 14.4 Å². The van der Waals surface area contributed by atoms with Crippen LogP contribution in [0.15, 0.2) is 24.3 Å². The molecule has 0 atom stereocenters. The molecule has 4 N–H and O–H groups in total. The van der Waals surface area contributed by atoms with Crippen molar-refractivity contribution in [1.82, 2.24) is 10.3 Å².